The Kier molecular flexibility index (Phi) is 1.33. The first-order valence-electron chi connectivity index (χ1n) is 2.61. The maximum Gasteiger partial charge on any atom is 0.170 e. The number of hydrogen-bond acceptors (Lipinski definition) is 2. The van der Waals surface area contributed by atoms with Gasteiger partial charge in [-0.1, -0.05) is 0 Å². The number of hydrogen-bond donors (Lipinski definition) is 1. The molecule has 8 heavy (non-hydrogen) atoms. The van der Waals surface area contributed by atoms with Crippen molar-refractivity contribution < 1.29 is 0 Å². The van der Waals surface area contributed by atoms with Crippen LogP contribution in [0.15, 0.2) is 17.3 Å². The van der Waals surface area contributed by atoms with Crippen LogP contribution in [0.25, 0.3) is 0 Å². The normalized spacial score (nSPS) is 20.0. The summed E-state index contributed by atoms with van der Waals surface area (Å²) in [6.07, 6.45) is 4.79. The van der Waals surface area contributed by atoms with Crippen LogP contribution < -0.4 is 5.32 Å². The van der Waals surface area contributed by atoms with E-state index in [1.165, 1.54) is 0 Å². The Labute approximate surface area is 49.3 Å². The van der Waals surface area contributed by atoms with Crippen LogP contribution >= 0.6 is 0 Å². The topological polar surface area (TPSA) is 24.4 Å². The SMILES string of the molecule is C[C]1N=C(C)C=CN1. The molecule has 0 bridgehead atoms. The summed E-state index contributed by atoms with van der Waals surface area (Å²) >= 11 is 0. The van der Waals surface area contributed by atoms with E-state index in [9.17, 15) is 0 Å². The highest BCUT2D eigenvalue weighted by molar-refractivity contribution is 5.93. The molecule has 1 aliphatic heterocycles. The molecular formula is C6H9N2. The van der Waals surface area contributed by atoms with Crippen molar-refractivity contribution in [1.82, 2.24) is 5.32 Å². The summed E-state index contributed by atoms with van der Waals surface area (Å²) < 4.78 is 0. The molecule has 0 aromatic rings. The fourth-order valence-electron chi connectivity index (χ4n) is 0.617. The van der Waals surface area contributed by atoms with Crippen LogP contribution in [-0.2, 0) is 0 Å². The van der Waals surface area contributed by atoms with Gasteiger partial charge in [0.25, 0.3) is 0 Å². The van der Waals surface area contributed by atoms with Crippen molar-refractivity contribution in [3.63, 3.8) is 0 Å². The summed E-state index contributed by atoms with van der Waals surface area (Å²) in [6, 6.07) is 0. The molecule has 1 aliphatic rings. The van der Waals surface area contributed by atoms with Crippen LogP contribution in [0.4, 0.5) is 0 Å². The standard InChI is InChI=1S/C6H9N2/c1-5-3-4-7-6(2)8-5/h3-4,7H,1-2H3. The predicted molar refractivity (Wildman–Crippen MR) is 34.3 cm³/mol. The van der Waals surface area contributed by atoms with E-state index >= 15 is 0 Å². The minimum atomic E-state index is 0.963. The highest BCUT2D eigenvalue weighted by Crippen LogP contribution is 2.00. The third kappa shape index (κ3) is 1.09. The summed E-state index contributed by atoms with van der Waals surface area (Å²) in [5.41, 5.74) is 1.06. The number of nitrogens with one attached hydrogen (secondary N) is 1. The zero-order valence-corrected chi connectivity index (χ0v) is 5.10. The molecule has 0 saturated heterocycles. The fourth-order valence-corrected chi connectivity index (χ4v) is 0.617. The largest absolute Gasteiger partial charge is 0.364 e. The molecule has 0 spiro atoms. The Morgan fingerprint density at radius 1 is 1.50 bits per heavy atom. The van der Waals surface area contributed by atoms with Crippen molar-refractivity contribution in [2.45, 2.75) is 13.8 Å². The third-order valence-corrected chi connectivity index (χ3v) is 0.961. The molecule has 43 valence electrons. The molecule has 2 heteroatoms. The molecule has 0 atom stereocenters. The molecule has 2 nitrogen and oxygen atoms in total. The van der Waals surface area contributed by atoms with E-state index in [-0.39, 0.29) is 0 Å². The monoisotopic (exact) mass is 109 g/mol. The van der Waals surface area contributed by atoms with Gasteiger partial charge in [-0.25, -0.2) is 0 Å². The van der Waals surface area contributed by atoms with E-state index in [2.05, 4.69) is 10.3 Å². The summed E-state index contributed by atoms with van der Waals surface area (Å²) in [5.74, 6) is 0. The van der Waals surface area contributed by atoms with Gasteiger partial charge in [-0.3, -0.25) is 4.99 Å². The molecule has 1 N–H and O–H groups in total. The zero-order valence-electron chi connectivity index (χ0n) is 5.10. The molecule has 0 aromatic heterocycles. The van der Waals surface area contributed by atoms with Gasteiger partial charge < -0.3 is 5.32 Å². The summed E-state index contributed by atoms with van der Waals surface area (Å²) in [6.45, 7) is 3.91. The quantitative estimate of drug-likeness (QED) is 0.494. The van der Waals surface area contributed by atoms with Crippen LogP contribution in [0, 0.1) is 6.17 Å². The molecule has 0 unspecified atom stereocenters. The average molecular weight is 109 g/mol. The van der Waals surface area contributed by atoms with Gasteiger partial charge >= 0.3 is 0 Å². The second-order valence-electron chi connectivity index (χ2n) is 1.82. The van der Waals surface area contributed by atoms with Crippen LogP contribution in [0.1, 0.15) is 13.8 Å². The maximum absolute atomic E-state index is 4.12. The molecule has 1 heterocycles. The predicted octanol–water partition coefficient (Wildman–Crippen LogP) is 1.07. The summed E-state index contributed by atoms with van der Waals surface area (Å²) in [4.78, 5) is 4.12. The van der Waals surface area contributed by atoms with Crippen molar-refractivity contribution in [2.24, 2.45) is 4.99 Å². The lowest BCUT2D eigenvalue weighted by Crippen LogP contribution is -2.14. The van der Waals surface area contributed by atoms with E-state index in [0.717, 1.165) is 11.9 Å². The van der Waals surface area contributed by atoms with E-state index in [1.807, 2.05) is 26.1 Å². The van der Waals surface area contributed by atoms with Gasteiger partial charge in [0, 0.05) is 11.9 Å². The Hall–Kier alpha value is -0.790. The number of aliphatic imine (C=N–C) groups is 1. The Bertz CT molecular complexity index is 135. The van der Waals surface area contributed by atoms with Crippen LogP contribution in [0.2, 0.25) is 0 Å². The number of nitrogens with zero attached hydrogens (tertiary/aromatic N) is 1. The molecule has 0 amide bonds. The first kappa shape index (κ1) is 5.35. The van der Waals surface area contributed by atoms with Gasteiger partial charge in [-0.05, 0) is 19.9 Å². The van der Waals surface area contributed by atoms with Crippen molar-refractivity contribution in [1.29, 1.82) is 0 Å². The van der Waals surface area contributed by atoms with E-state index in [4.69, 9.17) is 0 Å². The lowest BCUT2D eigenvalue weighted by atomic mass is 10.3. The second kappa shape index (κ2) is 1.99. The summed E-state index contributed by atoms with van der Waals surface area (Å²) in [7, 11) is 0. The van der Waals surface area contributed by atoms with Gasteiger partial charge in [0.2, 0.25) is 0 Å². The third-order valence-electron chi connectivity index (χ3n) is 0.961. The van der Waals surface area contributed by atoms with Gasteiger partial charge in [-0.2, -0.15) is 0 Å². The molecule has 0 fully saturated rings. The Morgan fingerprint density at radius 3 is 2.62 bits per heavy atom. The maximum atomic E-state index is 4.12. The van der Waals surface area contributed by atoms with Gasteiger partial charge in [0.15, 0.2) is 6.17 Å². The fraction of sp³-hybridized carbons (Fsp3) is 0.333. The van der Waals surface area contributed by atoms with Crippen molar-refractivity contribution in [3.8, 4) is 0 Å². The lowest BCUT2D eigenvalue weighted by molar-refractivity contribution is 0.837. The van der Waals surface area contributed by atoms with Crippen molar-refractivity contribution in [2.75, 3.05) is 0 Å². The summed E-state index contributed by atoms with van der Waals surface area (Å²) in [5, 5.41) is 2.96. The highest BCUT2D eigenvalue weighted by atomic mass is 15.1. The van der Waals surface area contributed by atoms with Crippen LogP contribution in [-0.4, -0.2) is 5.71 Å². The lowest BCUT2D eigenvalue weighted by Gasteiger charge is -2.08. The second-order valence-corrected chi connectivity index (χ2v) is 1.82. The molecule has 0 aromatic carbocycles. The molecule has 1 rings (SSSR count). The van der Waals surface area contributed by atoms with Crippen LogP contribution in [0.3, 0.4) is 0 Å². The molecular weight excluding hydrogens is 100 g/mol. The van der Waals surface area contributed by atoms with E-state index < -0.39 is 0 Å². The van der Waals surface area contributed by atoms with Crippen LogP contribution in [0.5, 0.6) is 0 Å². The van der Waals surface area contributed by atoms with E-state index in [1.54, 1.807) is 0 Å². The minimum Gasteiger partial charge on any atom is -0.364 e. The number of allylic oxidation sites excluding steroid dienone is 1. The van der Waals surface area contributed by atoms with Gasteiger partial charge in [0.1, 0.15) is 0 Å². The first-order valence-corrected chi connectivity index (χ1v) is 2.61. The molecule has 0 aliphatic carbocycles. The van der Waals surface area contributed by atoms with Gasteiger partial charge in [-0.15, -0.1) is 0 Å². The first-order chi connectivity index (χ1) is 3.79. The Balaban J connectivity index is 2.63. The van der Waals surface area contributed by atoms with E-state index in [0.29, 0.717) is 0 Å². The van der Waals surface area contributed by atoms with Crippen molar-refractivity contribution in [3.05, 3.63) is 18.4 Å². The smallest absolute Gasteiger partial charge is 0.170 e. The average Bonchev–Trinajstić information content (AvgIpc) is 1.64. The van der Waals surface area contributed by atoms with Gasteiger partial charge in [0.05, 0.1) is 0 Å². The zero-order chi connectivity index (χ0) is 5.98. The molecule has 1 radical (unpaired) electrons. The molecule has 0 saturated carbocycles. The van der Waals surface area contributed by atoms with Crippen molar-refractivity contribution >= 4 is 5.71 Å². The number of rotatable bonds is 0. The Morgan fingerprint density at radius 2 is 2.25 bits per heavy atom. The highest BCUT2D eigenvalue weighted by Gasteiger charge is 1.98. The minimum absolute atomic E-state index is 0.963.